The third-order valence-corrected chi connectivity index (χ3v) is 3.25. The van der Waals surface area contributed by atoms with E-state index in [1.54, 1.807) is 14.2 Å². The first-order chi connectivity index (χ1) is 11.2. The summed E-state index contributed by atoms with van der Waals surface area (Å²) < 4.78 is 10.7. The van der Waals surface area contributed by atoms with Crippen molar-refractivity contribution in [1.29, 1.82) is 0 Å². The van der Waals surface area contributed by atoms with Crippen molar-refractivity contribution < 1.29 is 9.47 Å². The van der Waals surface area contributed by atoms with Crippen LogP contribution in [0, 0.1) is 5.92 Å². The lowest BCUT2D eigenvalue weighted by atomic mass is 10.1. The van der Waals surface area contributed by atoms with E-state index in [1.165, 1.54) is 5.56 Å². The lowest BCUT2D eigenvalue weighted by Gasteiger charge is -2.12. The standard InChI is InChI=1S/C18H31N3O2/c1-15(2)14-23-17-8-6-16(7-9-17)10-12-21-18(19-3)20-11-5-13-22-4/h6-9,15H,5,10-14H2,1-4H3,(H2,19,20,21). The summed E-state index contributed by atoms with van der Waals surface area (Å²) in [6.45, 7) is 7.51. The predicted molar refractivity (Wildman–Crippen MR) is 96.3 cm³/mol. The van der Waals surface area contributed by atoms with Gasteiger partial charge in [-0.1, -0.05) is 26.0 Å². The van der Waals surface area contributed by atoms with Crippen molar-refractivity contribution in [2.24, 2.45) is 10.9 Å². The summed E-state index contributed by atoms with van der Waals surface area (Å²) in [5, 5.41) is 6.58. The van der Waals surface area contributed by atoms with Gasteiger partial charge in [-0.15, -0.1) is 0 Å². The zero-order valence-electron chi connectivity index (χ0n) is 14.9. The molecule has 0 aliphatic carbocycles. The van der Waals surface area contributed by atoms with E-state index in [-0.39, 0.29) is 0 Å². The number of nitrogens with one attached hydrogen (secondary N) is 2. The smallest absolute Gasteiger partial charge is 0.190 e. The van der Waals surface area contributed by atoms with Gasteiger partial charge in [0, 0.05) is 33.9 Å². The molecule has 0 radical (unpaired) electrons. The van der Waals surface area contributed by atoms with Crippen molar-refractivity contribution in [2.75, 3.05) is 40.5 Å². The minimum atomic E-state index is 0.544. The first-order valence-electron chi connectivity index (χ1n) is 8.31. The van der Waals surface area contributed by atoms with Gasteiger partial charge in [0.05, 0.1) is 6.61 Å². The van der Waals surface area contributed by atoms with Gasteiger partial charge in [-0.25, -0.2) is 0 Å². The summed E-state index contributed by atoms with van der Waals surface area (Å²) in [5.41, 5.74) is 1.28. The molecule has 5 nitrogen and oxygen atoms in total. The molecule has 5 heteroatoms. The Morgan fingerprint density at radius 2 is 1.83 bits per heavy atom. The van der Waals surface area contributed by atoms with Crippen LogP contribution in [0.1, 0.15) is 25.8 Å². The summed E-state index contributed by atoms with van der Waals surface area (Å²) in [4.78, 5) is 4.21. The minimum Gasteiger partial charge on any atom is -0.493 e. The maximum atomic E-state index is 5.69. The van der Waals surface area contributed by atoms with E-state index >= 15 is 0 Å². The van der Waals surface area contributed by atoms with E-state index in [2.05, 4.69) is 41.6 Å². The Balaban J connectivity index is 2.26. The van der Waals surface area contributed by atoms with Crippen LogP contribution in [0.3, 0.4) is 0 Å². The number of hydrogen-bond donors (Lipinski definition) is 2. The van der Waals surface area contributed by atoms with Crippen molar-refractivity contribution >= 4 is 5.96 Å². The van der Waals surface area contributed by atoms with E-state index in [0.717, 1.165) is 50.9 Å². The van der Waals surface area contributed by atoms with E-state index in [4.69, 9.17) is 9.47 Å². The van der Waals surface area contributed by atoms with E-state index in [1.807, 2.05) is 12.1 Å². The molecule has 2 N–H and O–H groups in total. The lowest BCUT2D eigenvalue weighted by Crippen LogP contribution is -2.38. The number of ether oxygens (including phenoxy) is 2. The van der Waals surface area contributed by atoms with Gasteiger partial charge in [0.15, 0.2) is 5.96 Å². The number of methoxy groups -OCH3 is 1. The molecule has 0 unspecified atom stereocenters. The zero-order chi connectivity index (χ0) is 16.9. The quantitative estimate of drug-likeness (QED) is 0.395. The van der Waals surface area contributed by atoms with Crippen LogP contribution >= 0.6 is 0 Å². The second-order valence-corrected chi connectivity index (χ2v) is 5.87. The fourth-order valence-corrected chi connectivity index (χ4v) is 1.98. The Kier molecular flexibility index (Phi) is 9.87. The van der Waals surface area contributed by atoms with Gasteiger partial charge in [0.2, 0.25) is 0 Å². The average molecular weight is 321 g/mol. The van der Waals surface area contributed by atoms with E-state index in [9.17, 15) is 0 Å². The number of hydrogen-bond acceptors (Lipinski definition) is 3. The molecule has 0 saturated carbocycles. The Morgan fingerprint density at radius 1 is 1.13 bits per heavy atom. The van der Waals surface area contributed by atoms with Gasteiger partial charge in [-0.05, 0) is 36.5 Å². The van der Waals surface area contributed by atoms with E-state index < -0.39 is 0 Å². The van der Waals surface area contributed by atoms with Gasteiger partial charge in [0.1, 0.15) is 5.75 Å². The van der Waals surface area contributed by atoms with Crippen LogP contribution in [0.25, 0.3) is 0 Å². The molecule has 0 spiro atoms. The fourth-order valence-electron chi connectivity index (χ4n) is 1.98. The molecule has 1 aromatic rings. The second-order valence-electron chi connectivity index (χ2n) is 5.87. The van der Waals surface area contributed by atoms with Gasteiger partial charge < -0.3 is 20.1 Å². The molecule has 0 fully saturated rings. The number of nitrogens with zero attached hydrogens (tertiary/aromatic N) is 1. The highest BCUT2D eigenvalue weighted by atomic mass is 16.5. The van der Waals surface area contributed by atoms with Gasteiger partial charge in [-0.2, -0.15) is 0 Å². The number of guanidine groups is 1. The van der Waals surface area contributed by atoms with Crippen LogP contribution in [-0.2, 0) is 11.2 Å². The summed E-state index contributed by atoms with van der Waals surface area (Å²) in [7, 11) is 3.50. The number of benzene rings is 1. The maximum absolute atomic E-state index is 5.69. The second kappa shape index (κ2) is 11.8. The molecular formula is C18H31N3O2. The highest BCUT2D eigenvalue weighted by molar-refractivity contribution is 5.79. The molecule has 0 amide bonds. The molecule has 0 aliphatic rings. The lowest BCUT2D eigenvalue weighted by molar-refractivity contribution is 0.195. The largest absolute Gasteiger partial charge is 0.493 e. The molecule has 23 heavy (non-hydrogen) atoms. The van der Waals surface area contributed by atoms with Crippen molar-refractivity contribution in [2.45, 2.75) is 26.7 Å². The minimum absolute atomic E-state index is 0.544. The fraction of sp³-hybridized carbons (Fsp3) is 0.611. The normalized spacial score (nSPS) is 11.6. The van der Waals surface area contributed by atoms with E-state index in [0.29, 0.717) is 5.92 Å². The molecule has 1 rings (SSSR count). The molecule has 0 atom stereocenters. The van der Waals surface area contributed by atoms with Crippen LogP contribution in [0.4, 0.5) is 0 Å². The van der Waals surface area contributed by atoms with Crippen LogP contribution in [0.15, 0.2) is 29.3 Å². The third kappa shape index (κ3) is 9.08. The van der Waals surface area contributed by atoms with Gasteiger partial charge >= 0.3 is 0 Å². The third-order valence-electron chi connectivity index (χ3n) is 3.25. The van der Waals surface area contributed by atoms with Crippen molar-refractivity contribution in [3.8, 4) is 5.75 Å². The summed E-state index contributed by atoms with van der Waals surface area (Å²) >= 11 is 0. The highest BCUT2D eigenvalue weighted by Gasteiger charge is 2.00. The Labute approximate surface area is 140 Å². The van der Waals surface area contributed by atoms with Gasteiger partial charge in [0.25, 0.3) is 0 Å². The number of rotatable bonds is 10. The topological polar surface area (TPSA) is 54.9 Å². The molecule has 0 heterocycles. The van der Waals surface area contributed by atoms with Crippen LogP contribution < -0.4 is 15.4 Å². The summed E-state index contributed by atoms with van der Waals surface area (Å²) in [6, 6.07) is 8.31. The van der Waals surface area contributed by atoms with Crippen LogP contribution in [0.5, 0.6) is 5.75 Å². The van der Waals surface area contributed by atoms with Crippen molar-refractivity contribution in [3.63, 3.8) is 0 Å². The summed E-state index contributed by atoms with van der Waals surface area (Å²) in [6.07, 6.45) is 1.91. The molecule has 0 bridgehead atoms. The van der Waals surface area contributed by atoms with Gasteiger partial charge in [-0.3, -0.25) is 4.99 Å². The monoisotopic (exact) mass is 321 g/mol. The average Bonchev–Trinajstić information content (AvgIpc) is 2.56. The Bertz CT molecular complexity index is 444. The Hall–Kier alpha value is -1.75. The number of aliphatic imine (C=N–C) groups is 1. The molecule has 0 saturated heterocycles. The first-order valence-corrected chi connectivity index (χ1v) is 8.31. The van der Waals surface area contributed by atoms with Crippen molar-refractivity contribution in [1.82, 2.24) is 10.6 Å². The van der Waals surface area contributed by atoms with Crippen LogP contribution in [0.2, 0.25) is 0 Å². The summed E-state index contributed by atoms with van der Waals surface area (Å²) in [5.74, 6) is 2.31. The molecule has 130 valence electrons. The highest BCUT2D eigenvalue weighted by Crippen LogP contribution is 2.13. The first kappa shape index (κ1) is 19.3. The van der Waals surface area contributed by atoms with Crippen molar-refractivity contribution in [3.05, 3.63) is 29.8 Å². The molecular weight excluding hydrogens is 290 g/mol. The maximum Gasteiger partial charge on any atom is 0.190 e. The van der Waals surface area contributed by atoms with Crippen LogP contribution in [-0.4, -0.2) is 46.4 Å². The SMILES string of the molecule is CN=C(NCCCOC)NCCc1ccc(OCC(C)C)cc1. The Morgan fingerprint density at radius 3 is 2.43 bits per heavy atom. The molecule has 1 aromatic carbocycles. The predicted octanol–water partition coefficient (Wildman–Crippen LogP) is 2.47. The molecule has 0 aromatic heterocycles. The zero-order valence-corrected chi connectivity index (χ0v) is 14.9. The molecule has 0 aliphatic heterocycles.